The molecule has 0 radical (unpaired) electrons. The first-order chi connectivity index (χ1) is 11.5. The Labute approximate surface area is 157 Å². The van der Waals surface area contributed by atoms with Crippen LogP contribution in [0.5, 0.6) is 0 Å². The van der Waals surface area contributed by atoms with Crippen molar-refractivity contribution >= 4 is 35.0 Å². The monoisotopic (exact) mass is 380 g/mol. The number of rotatable bonds is 3. The summed E-state index contributed by atoms with van der Waals surface area (Å²) in [6.45, 7) is 0. The molecule has 7 nitrogen and oxygen atoms in total. The molecule has 4 fully saturated rings. The number of anilines is 1. The van der Waals surface area contributed by atoms with Gasteiger partial charge in [0.2, 0.25) is 0 Å². The van der Waals surface area contributed by atoms with Crippen LogP contribution in [-0.2, 0) is 0 Å². The second kappa shape index (κ2) is 6.40. The molecule has 6 rings (SSSR count). The molecule has 4 bridgehead atoms. The van der Waals surface area contributed by atoms with Gasteiger partial charge in [0.1, 0.15) is 5.65 Å². The number of nitrogens with two attached hydrogens (primary N) is 1. The summed E-state index contributed by atoms with van der Waals surface area (Å²) in [4.78, 5) is 19.3. The van der Waals surface area contributed by atoms with Gasteiger partial charge in [0.05, 0.1) is 16.9 Å². The molecule has 142 valence electrons. The molecule has 0 spiro atoms. The molecule has 2 aromatic rings. The first kappa shape index (κ1) is 18.9. The number of carbonyl (C=O) groups excluding carboxylic acids is 1. The zero-order valence-electron chi connectivity index (χ0n) is 14.4. The molecule has 4 saturated carbocycles. The molecular weight excluding hydrogens is 356 g/mol. The second-order valence-corrected chi connectivity index (χ2v) is 8.02. The highest BCUT2D eigenvalue weighted by Crippen LogP contribution is 2.56. The van der Waals surface area contributed by atoms with Crippen LogP contribution in [-0.4, -0.2) is 38.1 Å². The van der Waals surface area contributed by atoms with E-state index in [1.165, 1.54) is 12.8 Å². The molecule has 4 aliphatic rings. The lowest BCUT2D eigenvalue weighted by molar-refractivity contribution is -0.129. The minimum absolute atomic E-state index is 0. The number of fused-ring (bicyclic) bond motifs is 1. The highest BCUT2D eigenvalue weighted by molar-refractivity contribution is 6.06. The summed E-state index contributed by atoms with van der Waals surface area (Å²) in [5, 5.41) is 15.3. The van der Waals surface area contributed by atoms with E-state index in [9.17, 15) is 9.90 Å². The summed E-state index contributed by atoms with van der Waals surface area (Å²) in [5.74, 6) is 1.12. The molecule has 0 aliphatic heterocycles. The Kier molecular flexibility index (Phi) is 4.67. The Bertz CT molecular complexity index is 823. The minimum atomic E-state index is -0.462. The Morgan fingerprint density at radius 1 is 1.31 bits per heavy atom. The van der Waals surface area contributed by atoms with E-state index >= 15 is 0 Å². The van der Waals surface area contributed by atoms with Crippen molar-refractivity contribution in [2.24, 2.45) is 23.5 Å². The molecule has 8 heteroatoms. The molecule has 4 aliphatic carbocycles. The van der Waals surface area contributed by atoms with Crippen LogP contribution in [0.25, 0.3) is 11.0 Å². The van der Waals surface area contributed by atoms with Gasteiger partial charge in [-0.1, -0.05) is 0 Å². The number of aliphatic hydroxyl groups is 1. The lowest BCUT2D eigenvalue weighted by Crippen LogP contribution is -2.59. The van der Waals surface area contributed by atoms with E-state index in [1.54, 1.807) is 6.20 Å². The number of pyridine rings is 1. The number of primary amides is 1. The predicted molar refractivity (Wildman–Crippen MR) is 101 cm³/mol. The number of aromatic amines is 1. The fraction of sp³-hybridized carbons (Fsp3) is 0.556. The van der Waals surface area contributed by atoms with Crippen molar-refractivity contribution in [3.05, 3.63) is 24.0 Å². The molecule has 0 unspecified atom stereocenters. The average molecular weight is 381 g/mol. The smallest absolute Gasteiger partial charge is 0.252 e. The van der Waals surface area contributed by atoms with Crippen LogP contribution in [0.15, 0.2) is 18.5 Å². The van der Waals surface area contributed by atoms with Crippen LogP contribution in [0, 0.1) is 17.8 Å². The van der Waals surface area contributed by atoms with Crippen molar-refractivity contribution in [3.63, 3.8) is 0 Å². The standard InChI is InChI=1S/C18H22N4O2.ClH.H2O/c19-16(23)13-8-21-17-12(1-2-20-17)15(13)22-14-10-3-9-4-11(14)7-18(24,5-9)6-10;;/h1-2,8-11,14,24H,3-7H2,(H2,19,23)(H2,20,21,22);1H;1H2/t9-,10-,11+,14-,18-;;. The number of amides is 1. The van der Waals surface area contributed by atoms with Crippen molar-refractivity contribution in [2.75, 3.05) is 5.32 Å². The van der Waals surface area contributed by atoms with Gasteiger partial charge in [-0.15, -0.1) is 12.4 Å². The van der Waals surface area contributed by atoms with Crippen molar-refractivity contribution in [1.29, 1.82) is 0 Å². The van der Waals surface area contributed by atoms with E-state index in [-0.39, 0.29) is 17.9 Å². The van der Waals surface area contributed by atoms with E-state index in [2.05, 4.69) is 15.3 Å². The Balaban J connectivity index is 0.000000980. The number of nitrogens with one attached hydrogen (secondary N) is 2. The fourth-order valence-corrected chi connectivity index (χ4v) is 5.73. The van der Waals surface area contributed by atoms with Gasteiger partial charge in [-0.2, -0.15) is 0 Å². The molecule has 5 atom stereocenters. The van der Waals surface area contributed by atoms with E-state index in [0.717, 1.165) is 36.0 Å². The summed E-state index contributed by atoms with van der Waals surface area (Å²) in [7, 11) is 0. The lowest BCUT2D eigenvalue weighted by Gasteiger charge is -2.58. The van der Waals surface area contributed by atoms with Crippen molar-refractivity contribution in [2.45, 2.75) is 43.7 Å². The highest BCUT2D eigenvalue weighted by atomic mass is 35.5. The van der Waals surface area contributed by atoms with Gasteiger partial charge in [0, 0.05) is 23.8 Å². The normalized spacial score (nSPS) is 34.2. The first-order valence-electron chi connectivity index (χ1n) is 8.77. The van der Waals surface area contributed by atoms with Gasteiger partial charge >= 0.3 is 0 Å². The SMILES string of the molecule is Cl.NC(=O)c1cnc2[nH]ccc2c1N[C@@H]1[C@@H]2C[C@@H]3C[C@H]1C[C@@](O)(C3)C2.O. The molecule has 2 heterocycles. The van der Waals surface area contributed by atoms with E-state index in [1.807, 2.05) is 12.3 Å². The maximum Gasteiger partial charge on any atom is 0.252 e. The van der Waals surface area contributed by atoms with Crippen LogP contribution < -0.4 is 11.1 Å². The third-order valence-corrected chi connectivity index (χ3v) is 6.40. The fourth-order valence-electron chi connectivity index (χ4n) is 5.73. The van der Waals surface area contributed by atoms with Crippen molar-refractivity contribution in [1.82, 2.24) is 9.97 Å². The maximum absolute atomic E-state index is 11.9. The molecule has 0 aromatic carbocycles. The number of halogens is 1. The number of carbonyl (C=O) groups is 1. The van der Waals surface area contributed by atoms with Crippen molar-refractivity contribution < 1.29 is 15.4 Å². The van der Waals surface area contributed by atoms with Gasteiger partial charge in [-0.3, -0.25) is 4.79 Å². The summed E-state index contributed by atoms with van der Waals surface area (Å²) in [5.41, 5.74) is 7.10. The van der Waals surface area contributed by atoms with Gasteiger partial charge < -0.3 is 26.6 Å². The molecule has 0 saturated heterocycles. The Morgan fingerprint density at radius 3 is 2.62 bits per heavy atom. The highest BCUT2D eigenvalue weighted by Gasteiger charge is 2.54. The Hall–Kier alpha value is -1.83. The lowest BCUT2D eigenvalue weighted by atomic mass is 9.52. The number of hydrogen-bond acceptors (Lipinski definition) is 4. The third kappa shape index (κ3) is 2.74. The van der Waals surface area contributed by atoms with Gasteiger partial charge in [-0.25, -0.2) is 4.98 Å². The summed E-state index contributed by atoms with van der Waals surface area (Å²) < 4.78 is 0. The van der Waals surface area contributed by atoms with Crippen LogP contribution in [0.1, 0.15) is 42.5 Å². The summed E-state index contributed by atoms with van der Waals surface area (Å²) >= 11 is 0. The van der Waals surface area contributed by atoms with Crippen LogP contribution >= 0.6 is 12.4 Å². The number of hydrogen-bond donors (Lipinski definition) is 4. The van der Waals surface area contributed by atoms with Crippen LogP contribution in [0.3, 0.4) is 0 Å². The second-order valence-electron chi connectivity index (χ2n) is 8.02. The Morgan fingerprint density at radius 2 is 2.00 bits per heavy atom. The largest absolute Gasteiger partial charge is 0.412 e. The summed E-state index contributed by atoms with van der Waals surface area (Å²) in [6.07, 6.45) is 8.42. The van der Waals surface area contributed by atoms with E-state index in [4.69, 9.17) is 5.73 Å². The molecule has 1 amide bonds. The zero-order valence-corrected chi connectivity index (χ0v) is 15.2. The van der Waals surface area contributed by atoms with E-state index < -0.39 is 11.5 Å². The quantitative estimate of drug-likeness (QED) is 0.643. The number of nitrogens with zero attached hydrogens (tertiary/aromatic N) is 1. The van der Waals surface area contributed by atoms with Gasteiger partial charge in [0.15, 0.2) is 0 Å². The number of H-pyrrole nitrogens is 1. The molecule has 2 aromatic heterocycles. The maximum atomic E-state index is 11.9. The molecule has 7 N–H and O–H groups in total. The third-order valence-electron chi connectivity index (χ3n) is 6.40. The topological polar surface area (TPSA) is 136 Å². The zero-order chi connectivity index (χ0) is 16.5. The minimum Gasteiger partial charge on any atom is -0.412 e. The summed E-state index contributed by atoms with van der Waals surface area (Å²) in [6, 6.07) is 2.22. The average Bonchev–Trinajstić information content (AvgIpc) is 2.97. The number of aromatic nitrogens is 2. The molecule has 26 heavy (non-hydrogen) atoms. The van der Waals surface area contributed by atoms with Crippen LogP contribution in [0.2, 0.25) is 0 Å². The van der Waals surface area contributed by atoms with E-state index in [0.29, 0.717) is 29.4 Å². The van der Waals surface area contributed by atoms with Gasteiger partial charge in [-0.05, 0) is 55.9 Å². The predicted octanol–water partition coefficient (Wildman–Crippen LogP) is 1.61. The van der Waals surface area contributed by atoms with Crippen molar-refractivity contribution in [3.8, 4) is 0 Å². The first-order valence-corrected chi connectivity index (χ1v) is 8.77. The molecular formula is C18H25ClN4O3. The van der Waals surface area contributed by atoms with Crippen LogP contribution in [0.4, 0.5) is 5.69 Å². The van der Waals surface area contributed by atoms with Gasteiger partial charge in [0.25, 0.3) is 5.91 Å².